The maximum absolute atomic E-state index is 13.4. The summed E-state index contributed by atoms with van der Waals surface area (Å²) >= 11 is 0. The Morgan fingerprint density at radius 1 is 1.17 bits per heavy atom. The maximum atomic E-state index is 13.4. The van der Waals surface area contributed by atoms with E-state index in [0.29, 0.717) is 24.6 Å². The number of amides is 1. The van der Waals surface area contributed by atoms with Gasteiger partial charge in [0.25, 0.3) is 5.91 Å². The fraction of sp³-hybridized carbons (Fsp3) is 0.457. The quantitative estimate of drug-likeness (QED) is 0.148. The number of nitrogens with one attached hydrogen (secondary N) is 1. The molecule has 218 valence electrons. The molecule has 2 aromatic carbocycles. The lowest BCUT2D eigenvalue weighted by Crippen LogP contribution is -2.28. The number of ether oxygens (including phenoxy) is 1. The zero-order valence-corrected chi connectivity index (χ0v) is 25.2. The van der Waals surface area contributed by atoms with Crippen LogP contribution in [0.3, 0.4) is 0 Å². The number of ketones is 1. The lowest BCUT2D eigenvalue weighted by molar-refractivity contribution is 0.0935. The molecule has 0 radical (unpaired) electrons. The fourth-order valence-electron chi connectivity index (χ4n) is 5.83. The summed E-state index contributed by atoms with van der Waals surface area (Å²) in [5.74, 6) is 0.565. The molecule has 41 heavy (non-hydrogen) atoms. The SMILES string of the molecule is CCCCc1ccc(C(=O)NCCOC)c(C)c1C=NCC1CCC=C(C(=O)c2cc3ccccc3n2C)CCC1. The minimum atomic E-state index is -0.0724. The largest absolute Gasteiger partial charge is 0.383 e. The van der Waals surface area contributed by atoms with E-state index < -0.39 is 0 Å². The molecule has 6 nitrogen and oxygen atoms in total. The van der Waals surface area contributed by atoms with Gasteiger partial charge < -0.3 is 14.6 Å². The molecule has 0 saturated carbocycles. The highest BCUT2D eigenvalue weighted by Crippen LogP contribution is 2.27. The van der Waals surface area contributed by atoms with Crippen molar-refractivity contribution in [1.82, 2.24) is 9.88 Å². The number of aromatic nitrogens is 1. The van der Waals surface area contributed by atoms with Crippen LogP contribution in [0.2, 0.25) is 0 Å². The molecule has 0 fully saturated rings. The Hall–Kier alpha value is -3.51. The van der Waals surface area contributed by atoms with Gasteiger partial charge in [0.2, 0.25) is 5.78 Å². The van der Waals surface area contributed by atoms with E-state index >= 15 is 0 Å². The number of hydrogen-bond donors (Lipinski definition) is 1. The summed E-state index contributed by atoms with van der Waals surface area (Å²) in [5, 5.41) is 4.05. The van der Waals surface area contributed by atoms with Crippen LogP contribution >= 0.6 is 0 Å². The number of carbonyl (C=O) groups excluding carboxylic acids is 2. The molecule has 1 heterocycles. The Morgan fingerprint density at radius 3 is 2.78 bits per heavy atom. The highest BCUT2D eigenvalue weighted by molar-refractivity contribution is 6.10. The van der Waals surface area contributed by atoms with Crippen molar-refractivity contribution in [2.24, 2.45) is 18.0 Å². The number of rotatable bonds is 12. The highest BCUT2D eigenvalue weighted by Gasteiger charge is 2.20. The van der Waals surface area contributed by atoms with Gasteiger partial charge in [-0.2, -0.15) is 0 Å². The first-order valence-electron chi connectivity index (χ1n) is 15.1. The van der Waals surface area contributed by atoms with E-state index in [0.717, 1.165) is 91.2 Å². The van der Waals surface area contributed by atoms with Gasteiger partial charge in [0.15, 0.2) is 0 Å². The number of hydrogen-bond acceptors (Lipinski definition) is 4. The molecule has 1 aromatic heterocycles. The second-order valence-corrected chi connectivity index (χ2v) is 11.2. The number of methoxy groups -OCH3 is 1. The van der Waals surface area contributed by atoms with Crippen LogP contribution in [0, 0.1) is 12.8 Å². The Bertz CT molecular complexity index is 1420. The van der Waals surface area contributed by atoms with Crippen LogP contribution in [0.1, 0.15) is 89.4 Å². The van der Waals surface area contributed by atoms with Crippen molar-refractivity contribution >= 4 is 28.8 Å². The molecule has 1 N–H and O–H groups in total. The number of benzene rings is 2. The van der Waals surface area contributed by atoms with E-state index in [9.17, 15) is 9.59 Å². The Labute approximate surface area is 244 Å². The first kappa shape index (κ1) is 30.4. The molecular formula is C35H45N3O3. The van der Waals surface area contributed by atoms with Gasteiger partial charge in [0.1, 0.15) is 0 Å². The van der Waals surface area contributed by atoms with Crippen molar-refractivity contribution in [2.75, 3.05) is 26.8 Å². The summed E-state index contributed by atoms with van der Waals surface area (Å²) in [7, 11) is 3.61. The minimum absolute atomic E-state index is 0.0724. The molecule has 1 aliphatic carbocycles. The number of nitrogens with zero attached hydrogens (tertiary/aromatic N) is 2. The average molecular weight is 556 g/mol. The molecule has 4 rings (SSSR count). The summed E-state index contributed by atoms with van der Waals surface area (Å²) in [6.45, 7) is 5.96. The van der Waals surface area contributed by atoms with Crippen molar-refractivity contribution in [3.8, 4) is 0 Å². The van der Waals surface area contributed by atoms with Crippen LogP contribution in [-0.2, 0) is 18.2 Å². The van der Waals surface area contributed by atoms with E-state index in [2.05, 4.69) is 36.5 Å². The van der Waals surface area contributed by atoms with E-state index in [1.165, 1.54) is 5.56 Å². The van der Waals surface area contributed by atoms with Gasteiger partial charge in [0, 0.05) is 49.9 Å². The van der Waals surface area contributed by atoms with Gasteiger partial charge in [-0.25, -0.2) is 0 Å². The lowest BCUT2D eigenvalue weighted by Gasteiger charge is -2.18. The number of aliphatic imine (C=N–C) groups is 1. The van der Waals surface area contributed by atoms with Crippen molar-refractivity contribution < 1.29 is 14.3 Å². The van der Waals surface area contributed by atoms with Crippen molar-refractivity contribution in [3.63, 3.8) is 0 Å². The van der Waals surface area contributed by atoms with Crippen LogP contribution in [0.4, 0.5) is 0 Å². The number of fused-ring (bicyclic) bond motifs is 1. The molecule has 1 atom stereocenters. The maximum Gasteiger partial charge on any atom is 0.251 e. The Balaban J connectivity index is 1.42. The molecule has 0 saturated heterocycles. The first-order valence-corrected chi connectivity index (χ1v) is 15.1. The number of Topliss-reactive ketones (excluding diaryl/α,β-unsaturated/α-hetero) is 1. The van der Waals surface area contributed by atoms with Crippen LogP contribution < -0.4 is 5.32 Å². The summed E-state index contributed by atoms with van der Waals surface area (Å²) in [4.78, 5) is 31.1. The third-order valence-corrected chi connectivity index (χ3v) is 8.33. The smallest absolute Gasteiger partial charge is 0.251 e. The number of carbonyl (C=O) groups is 2. The standard InChI is InChI=1S/C35H45N3O3/c1-5-6-13-27-18-19-30(35(40)37-20-21-41-4)25(2)31(27)24-36-23-26-11-9-15-28(16-10-12-26)34(39)33-22-29-14-7-8-17-32(29)38(33)3/h7-8,14-15,17-19,22,24,26H,5-6,9-13,16,20-21,23H2,1-4H3,(H,37,40). The molecule has 1 aliphatic rings. The van der Waals surface area contributed by atoms with Crippen LogP contribution in [0.5, 0.6) is 0 Å². The molecule has 0 spiro atoms. The minimum Gasteiger partial charge on any atom is -0.383 e. The van der Waals surface area contributed by atoms with Crippen molar-refractivity contribution in [3.05, 3.63) is 82.1 Å². The zero-order valence-electron chi connectivity index (χ0n) is 25.2. The molecule has 1 amide bonds. The monoisotopic (exact) mass is 555 g/mol. The number of unbranched alkanes of at least 4 members (excludes halogenated alkanes) is 1. The van der Waals surface area contributed by atoms with Crippen LogP contribution in [0.25, 0.3) is 10.9 Å². The second kappa shape index (κ2) is 14.9. The summed E-state index contributed by atoms with van der Waals surface area (Å²) in [6, 6.07) is 14.2. The third-order valence-electron chi connectivity index (χ3n) is 8.33. The predicted octanol–water partition coefficient (Wildman–Crippen LogP) is 7.01. The molecule has 0 aliphatic heterocycles. The lowest BCUT2D eigenvalue weighted by atomic mass is 9.89. The molecule has 1 unspecified atom stereocenters. The first-order chi connectivity index (χ1) is 19.9. The van der Waals surface area contributed by atoms with E-state index in [4.69, 9.17) is 9.73 Å². The number of allylic oxidation sites excluding steroid dienone is 2. The van der Waals surface area contributed by atoms with E-state index in [1.807, 2.05) is 49.0 Å². The number of para-hydroxylation sites is 1. The topological polar surface area (TPSA) is 72.7 Å². The van der Waals surface area contributed by atoms with Crippen LogP contribution in [0.15, 0.2) is 59.1 Å². The fourth-order valence-corrected chi connectivity index (χ4v) is 5.83. The predicted molar refractivity (Wildman–Crippen MR) is 168 cm³/mol. The van der Waals surface area contributed by atoms with Gasteiger partial charge in [-0.3, -0.25) is 14.6 Å². The number of aryl methyl sites for hydroxylation is 2. The van der Waals surface area contributed by atoms with Gasteiger partial charge in [-0.05, 0) is 98.2 Å². The molecule has 0 bridgehead atoms. The average Bonchev–Trinajstić information content (AvgIpc) is 3.30. The van der Waals surface area contributed by atoms with Crippen molar-refractivity contribution in [1.29, 1.82) is 0 Å². The zero-order chi connectivity index (χ0) is 29.2. The second-order valence-electron chi connectivity index (χ2n) is 11.2. The van der Waals surface area contributed by atoms with Gasteiger partial charge >= 0.3 is 0 Å². The third kappa shape index (κ3) is 7.62. The molecular weight excluding hydrogens is 510 g/mol. The summed E-state index contributed by atoms with van der Waals surface area (Å²) in [6.07, 6.45) is 12.1. The van der Waals surface area contributed by atoms with E-state index in [-0.39, 0.29) is 11.7 Å². The van der Waals surface area contributed by atoms with Gasteiger partial charge in [0.05, 0.1) is 12.3 Å². The Kier molecular flexibility index (Phi) is 11.1. The normalized spacial score (nSPS) is 16.0. The molecule has 6 heteroatoms. The van der Waals surface area contributed by atoms with E-state index in [1.54, 1.807) is 7.11 Å². The highest BCUT2D eigenvalue weighted by atomic mass is 16.5. The van der Waals surface area contributed by atoms with Crippen LogP contribution in [-0.4, -0.2) is 49.3 Å². The van der Waals surface area contributed by atoms with Gasteiger partial charge in [-0.15, -0.1) is 0 Å². The molecule has 3 aromatic rings. The van der Waals surface area contributed by atoms with Gasteiger partial charge in [-0.1, -0.05) is 43.7 Å². The summed E-state index contributed by atoms with van der Waals surface area (Å²) < 4.78 is 7.09. The summed E-state index contributed by atoms with van der Waals surface area (Å²) in [5.41, 5.74) is 6.80. The Morgan fingerprint density at radius 2 is 2.00 bits per heavy atom. The van der Waals surface area contributed by atoms with Crippen molar-refractivity contribution in [2.45, 2.75) is 65.2 Å².